The summed E-state index contributed by atoms with van der Waals surface area (Å²) in [4.78, 5) is 34.6. The van der Waals surface area contributed by atoms with E-state index < -0.39 is 18.0 Å². The molecule has 0 aliphatic heterocycles. The molecule has 1 saturated carbocycles. The molecule has 0 spiro atoms. The summed E-state index contributed by atoms with van der Waals surface area (Å²) in [6.45, 7) is 0. The van der Waals surface area contributed by atoms with Crippen LogP contribution in [0, 0.1) is 0 Å². The Morgan fingerprint density at radius 2 is 1.91 bits per heavy atom. The van der Waals surface area contributed by atoms with Crippen LogP contribution in [0.5, 0.6) is 0 Å². The van der Waals surface area contributed by atoms with Crippen molar-refractivity contribution in [2.75, 3.05) is 7.11 Å². The number of ether oxygens (including phenoxy) is 2. The number of ketones is 1. The summed E-state index contributed by atoms with van der Waals surface area (Å²) in [6, 6.07) is 6.62. The molecule has 5 heteroatoms. The van der Waals surface area contributed by atoms with E-state index in [0.29, 0.717) is 18.4 Å². The minimum Gasteiger partial charge on any atom is -0.465 e. The quantitative estimate of drug-likeness (QED) is 0.631. The molecule has 0 saturated heterocycles. The number of carbonyl (C=O) groups excluding carboxylic acids is 3. The molecule has 0 aromatic heterocycles. The highest BCUT2D eigenvalue weighted by molar-refractivity contribution is 5.92. The third-order valence-corrected chi connectivity index (χ3v) is 3.50. The largest absolute Gasteiger partial charge is 0.465 e. The molecule has 0 bridgehead atoms. The third-order valence-electron chi connectivity index (χ3n) is 3.50. The Labute approximate surface area is 128 Å². The van der Waals surface area contributed by atoms with E-state index in [-0.39, 0.29) is 5.78 Å². The molecule has 1 fully saturated rings. The predicted octanol–water partition coefficient (Wildman–Crippen LogP) is 2.54. The molecule has 5 nitrogen and oxygen atoms in total. The normalized spacial score (nSPS) is 18.2. The molecule has 0 radical (unpaired) electrons. The molecule has 1 aromatic carbocycles. The van der Waals surface area contributed by atoms with Crippen LogP contribution in [0.25, 0.3) is 6.08 Å². The fraction of sp³-hybridized carbons (Fsp3) is 0.353. The SMILES string of the molecule is COC(=O)c1ccc(/C=C/C(=O)O[C@@H]2CCCCC2=O)cc1. The Hall–Kier alpha value is -2.43. The number of carbonyl (C=O) groups is 3. The van der Waals surface area contributed by atoms with Crippen LogP contribution in [0.15, 0.2) is 30.3 Å². The second-order valence-electron chi connectivity index (χ2n) is 5.08. The Morgan fingerprint density at radius 3 is 2.55 bits per heavy atom. The van der Waals surface area contributed by atoms with E-state index in [0.717, 1.165) is 18.4 Å². The lowest BCUT2D eigenvalue weighted by Crippen LogP contribution is -2.29. The first kappa shape index (κ1) is 15.9. The summed E-state index contributed by atoms with van der Waals surface area (Å²) < 4.78 is 9.76. The third kappa shape index (κ3) is 4.28. The van der Waals surface area contributed by atoms with Gasteiger partial charge in [-0.15, -0.1) is 0 Å². The molecule has 116 valence electrons. The maximum atomic E-state index is 11.7. The summed E-state index contributed by atoms with van der Waals surface area (Å²) >= 11 is 0. The van der Waals surface area contributed by atoms with Gasteiger partial charge in [-0.25, -0.2) is 9.59 Å². The molecule has 22 heavy (non-hydrogen) atoms. The molecule has 0 unspecified atom stereocenters. The average molecular weight is 302 g/mol. The number of hydrogen-bond acceptors (Lipinski definition) is 5. The van der Waals surface area contributed by atoms with Gasteiger partial charge < -0.3 is 9.47 Å². The zero-order valence-electron chi connectivity index (χ0n) is 12.4. The van der Waals surface area contributed by atoms with Gasteiger partial charge in [0.2, 0.25) is 0 Å². The molecule has 1 aliphatic carbocycles. The molecule has 0 N–H and O–H groups in total. The van der Waals surface area contributed by atoms with Crippen LogP contribution in [-0.4, -0.2) is 30.9 Å². The van der Waals surface area contributed by atoms with Gasteiger partial charge in [0.25, 0.3) is 0 Å². The Balaban J connectivity index is 1.91. The van der Waals surface area contributed by atoms with E-state index in [2.05, 4.69) is 4.74 Å². The van der Waals surface area contributed by atoms with E-state index in [1.807, 2.05) is 0 Å². The molecule has 1 aliphatic rings. The number of methoxy groups -OCH3 is 1. The van der Waals surface area contributed by atoms with Crippen molar-refractivity contribution in [1.82, 2.24) is 0 Å². The van der Waals surface area contributed by atoms with Crippen molar-refractivity contribution in [1.29, 1.82) is 0 Å². The number of benzene rings is 1. The molecular formula is C17H18O5. The second-order valence-corrected chi connectivity index (χ2v) is 5.08. The lowest BCUT2D eigenvalue weighted by molar-refractivity contribution is -0.152. The predicted molar refractivity (Wildman–Crippen MR) is 80.2 cm³/mol. The van der Waals surface area contributed by atoms with Crippen LogP contribution in [-0.2, 0) is 19.1 Å². The van der Waals surface area contributed by atoms with Gasteiger partial charge in [0.15, 0.2) is 11.9 Å². The lowest BCUT2D eigenvalue weighted by Gasteiger charge is -2.19. The maximum Gasteiger partial charge on any atom is 0.337 e. The molecule has 0 amide bonds. The summed E-state index contributed by atoms with van der Waals surface area (Å²) in [7, 11) is 1.32. The number of Topliss-reactive ketones (excluding diaryl/α,β-unsaturated/α-hetero) is 1. The van der Waals surface area contributed by atoms with Gasteiger partial charge in [0, 0.05) is 12.5 Å². The van der Waals surface area contributed by atoms with E-state index in [9.17, 15) is 14.4 Å². The average Bonchev–Trinajstić information content (AvgIpc) is 2.55. The highest BCUT2D eigenvalue weighted by Gasteiger charge is 2.24. The number of hydrogen-bond donors (Lipinski definition) is 0. The van der Waals surface area contributed by atoms with Crippen LogP contribution in [0.4, 0.5) is 0 Å². The zero-order valence-corrected chi connectivity index (χ0v) is 12.4. The van der Waals surface area contributed by atoms with Gasteiger partial charge in [-0.2, -0.15) is 0 Å². The van der Waals surface area contributed by atoms with Crippen molar-refractivity contribution < 1.29 is 23.9 Å². The number of esters is 2. The van der Waals surface area contributed by atoms with Gasteiger partial charge in [0.1, 0.15) is 0 Å². The van der Waals surface area contributed by atoms with Crippen molar-refractivity contribution in [2.24, 2.45) is 0 Å². The van der Waals surface area contributed by atoms with Gasteiger partial charge in [-0.3, -0.25) is 4.79 Å². The van der Waals surface area contributed by atoms with E-state index in [1.54, 1.807) is 30.3 Å². The van der Waals surface area contributed by atoms with Crippen LogP contribution in [0.2, 0.25) is 0 Å². The van der Waals surface area contributed by atoms with E-state index in [4.69, 9.17) is 4.74 Å². The summed E-state index contributed by atoms with van der Waals surface area (Å²) in [5.41, 5.74) is 1.19. The smallest absolute Gasteiger partial charge is 0.337 e. The lowest BCUT2D eigenvalue weighted by atomic mass is 9.96. The Morgan fingerprint density at radius 1 is 1.18 bits per heavy atom. The summed E-state index contributed by atoms with van der Waals surface area (Å²) in [6.07, 6.45) is 5.12. The molecule has 1 aromatic rings. The topological polar surface area (TPSA) is 69.7 Å². The fourth-order valence-electron chi connectivity index (χ4n) is 2.27. The van der Waals surface area contributed by atoms with Gasteiger partial charge >= 0.3 is 11.9 Å². The molecule has 0 heterocycles. The van der Waals surface area contributed by atoms with E-state index >= 15 is 0 Å². The van der Waals surface area contributed by atoms with Gasteiger partial charge in [-0.1, -0.05) is 12.1 Å². The minimum atomic E-state index is -0.604. The summed E-state index contributed by atoms with van der Waals surface area (Å²) in [5.74, 6) is -0.946. The van der Waals surface area contributed by atoms with Crippen molar-refractivity contribution in [3.8, 4) is 0 Å². The van der Waals surface area contributed by atoms with Crippen LogP contribution in [0.3, 0.4) is 0 Å². The molecule has 1 atom stereocenters. The molecule has 2 rings (SSSR count). The Bertz CT molecular complexity index is 586. The highest BCUT2D eigenvalue weighted by Crippen LogP contribution is 2.17. The summed E-state index contributed by atoms with van der Waals surface area (Å²) in [5, 5.41) is 0. The Kier molecular flexibility index (Phi) is 5.47. The highest BCUT2D eigenvalue weighted by atomic mass is 16.5. The van der Waals surface area contributed by atoms with Crippen LogP contribution >= 0.6 is 0 Å². The fourth-order valence-corrected chi connectivity index (χ4v) is 2.27. The van der Waals surface area contributed by atoms with Crippen LogP contribution in [0.1, 0.15) is 41.6 Å². The first-order valence-corrected chi connectivity index (χ1v) is 7.20. The minimum absolute atomic E-state index is 0.00423. The standard InChI is InChI=1S/C17H18O5/c1-21-17(20)13-9-6-12(7-10-13)8-11-16(19)22-15-5-3-2-4-14(15)18/h6-11,15H,2-5H2,1H3/b11-8+/t15-/m1/s1. The van der Waals surface area contributed by atoms with Crippen molar-refractivity contribution in [3.63, 3.8) is 0 Å². The van der Waals surface area contributed by atoms with Crippen molar-refractivity contribution in [3.05, 3.63) is 41.5 Å². The zero-order chi connectivity index (χ0) is 15.9. The second kappa shape index (κ2) is 7.54. The van der Waals surface area contributed by atoms with Gasteiger partial charge in [-0.05, 0) is 43.0 Å². The van der Waals surface area contributed by atoms with Gasteiger partial charge in [0.05, 0.1) is 12.7 Å². The maximum absolute atomic E-state index is 11.7. The van der Waals surface area contributed by atoms with E-state index in [1.165, 1.54) is 13.2 Å². The van der Waals surface area contributed by atoms with Crippen molar-refractivity contribution >= 4 is 23.8 Å². The first-order valence-electron chi connectivity index (χ1n) is 7.20. The van der Waals surface area contributed by atoms with Crippen molar-refractivity contribution in [2.45, 2.75) is 31.8 Å². The first-order chi connectivity index (χ1) is 10.6. The molecular weight excluding hydrogens is 284 g/mol. The monoisotopic (exact) mass is 302 g/mol. The van der Waals surface area contributed by atoms with Crippen LogP contribution < -0.4 is 0 Å². The number of rotatable bonds is 4.